The number of carboxylic acids is 1. The molecule has 7 aromatic carbocycles. The van der Waals surface area contributed by atoms with Crippen LogP contribution in [0.5, 0.6) is 0 Å². The molecule has 16 aromatic rings. The van der Waals surface area contributed by atoms with Gasteiger partial charge in [0.2, 0.25) is 11.8 Å². The van der Waals surface area contributed by atoms with E-state index in [9.17, 15) is 33.6 Å². The van der Waals surface area contributed by atoms with Gasteiger partial charge in [0.15, 0.2) is 0 Å². The Hall–Kier alpha value is -16.0. The summed E-state index contributed by atoms with van der Waals surface area (Å²) in [6, 6.07) is 38.7. The predicted octanol–water partition coefficient (Wildman–Crippen LogP) is 12.8. The molecule has 9 aromatic heterocycles. The van der Waals surface area contributed by atoms with Crippen molar-refractivity contribution in [3.05, 3.63) is 267 Å². The van der Waals surface area contributed by atoms with Crippen LogP contribution < -0.4 is 49.3 Å². The van der Waals surface area contributed by atoms with Gasteiger partial charge in [-0.05, 0) is 178 Å². The molecule has 720 valence electrons. The average Bonchev–Trinajstić information content (AvgIpc) is 1.60. The summed E-state index contributed by atoms with van der Waals surface area (Å²) in [4.78, 5) is 100. The smallest absolute Gasteiger partial charge is 0.481 e. The largest absolute Gasteiger partial charge is 0.498 e. The van der Waals surface area contributed by atoms with E-state index >= 15 is 0 Å². The number of H-pyrrole nitrogens is 4. The number of hydrogen-bond acceptors (Lipinski definition) is 20. The molecule has 0 unspecified atom stereocenters. The number of rotatable bonds is 13. The number of amides is 6. The fourth-order valence-corrected chi connectivity index (χ4v) is 19.3. The van der Waals surface area contributed by atoms with Crippen molar-refractivity contribution in [2.45, 2.75) is 104 Å². The van der Waals surface area contributed by atoms with Gasteiger partial charge in [-0.1, -0.05) is 86.6 Å². The molecule has 39 heteroatoms. The number of hydrazone groups is 4. The van der Waals surface area contributed by atoms with E-state index in [1.807, 2.05) is 162 Å². The molecule has 1 saturated heterocycles. The highest BCUT2D eigenvalue weighted by molar-refractivity contribution is 6.62. The van der Waals surface area contributed by atoms with Gasteiger partial charge in [-0.3, -0.25) is 57.0 Å². The van der Waals surface area contributed by atoms with Gasteiger partial charge in [-0.25, -0.2) is 21.7 Å². The van der Waals surface area contributed by atoms with Crippen LogP contribution in [0.2, 0.25) is 0 Å². The quantitative estimate of drug-likeness (QED) is 0.0377. The van der Waals surface area contributed by atoms with E-state index < -0.39 is 12.0 Å². The number of aryl methyl sites for hydroxylation is 6. The highest BCUT2D eigenvalue weighted by atomic mass is 35.5. The van der Waals surface area contributed by atoms with Crippen molar-refractivity contribution >= 4 is 164 Å². The Morgan fingerprint density at radius 1 is 0.426 bits per heavy atom. The van der Waals surface area contributed by atoms with Crippen LogP contribution in [0, 0.1) is 36.5 Å². The zero-order valence-electron chi connectivity index (χ0n) is 79.3. The number of nitrogen functional groups attached to an aromatic ring is 1. The molecule has 0 radical (unpaired) electrons. The van der Waals surface area contributed by atoms with Crippen LogP contribution in [-0.2, 0) is 97.5 Å². The van der Waals surface area contributed by atoms with Crippen LogP contribution in [-0.4, -0.2) is 165 Å². The number of carbonyl (C=O) groups is 7. The Morgan fingerprint density at radius 3 is 1.06 bits per heavy atom. The Morgan fingerprint density at radius 2 is 0.730 bits per heavy atom. The summed E-state index contributed by atoms with van der Waals surface area (Å²) in [5.74, 6) is -1.92. The maximum Gasteiger partial charge on any atom is 0.498 e. The molecule has 141 heavy (non-hydrogen) atoms. The first-order chi connectivity index (χ1) is 66.7. The van der Waals surface area contributed by atoms with Crippen molar-refractivity contribution in [2.75, 3.05) is 16.4 Å². The minimum atomic E-state index is -0.678. The van der Waals surface area contributed by atoms with Gasteiger partial charge in [-0.15, -0.1) is 24.8 Å². The van der Waals surface area contributed by atoms with Crippen LogP contribution in [0.4, 0.5) is 17.1 Å². The third-order valence-electron chi connectivity index (χ3n) is 27.4. The summed E-state index contributed by atoms with van der Waals surface area (Å²) in [5.41, 5.74) is 48.9. The number of nitrogens with zero attached hydrogens (tertiary/aromatic N) is 14. The lowest BCUT2D eigenvalue weighted by Crippen LogP contribution is -2.42. The molecule has 5 aliphatic heterocycles. The second kappa shape index (κ2) is 39.1. The normalized spacial score (nSPS) is 15.9. The number of carboxylic acid groups (broad SMARTS) is 1. The number of fused-ring (bicyclic) bond motifs is 3. The van der Waals surface area contributed by atoms with E-state index in [4.69, 9.17) is 25.9 Å². The zero-order chi connectivity index (χ0) is 97.3. The number of carbonyl (C=O) groups excluding carboxylic acids is 6. The molecular weight excluding hydrogens is 1830 g/mol. The standard InChI is InChI=1S/C26H24N6O2.C25H23N7O2.C15H13N5O.C14H12N6O.C12H14O2.C10H17BN2O2.2ClH/c1-14(17-7-15-5-3-4-6-16(15)8-17)25(33)29-19-9-20-23-21(12-27-31-26(20)34)24(30-22(23)10-19)18-11-28-32(2)13-18;1-32-12-16(10-28-32)23-19-11-27-31-24(33)18-8-17(9-20(30-23)21(18)19)29-25(34)22(26)15-6-13-4-2-3-5-14(13)7-15;1-8-3-10-13-11(6-16-19-15(10)21)14(18-12(13)4-8)9-5-17-20(2)7-9;1-20-6-7(4-17-20)13-10-5-16-19-14(21)9-2-8(15)3-11(18-13)12(9)10;1-8(12(13)14)11-6-9-4-2-3-5-10(9)7-11;1-9(2)10(3,4)15-11(14-9)8-6-12-13(5)7-8;;/h3-6,9-14,17,30H,7-8H2,1-2H3,(H,29,33)(H,31,34);2-5,8-12,15,22,30H,6-7,26H2,1H3,(H,29,34)(H,31,33);3-7,18H,1-2H3,(H,19,21);2-6,18H,15H2,1H3,(H,19,21);2-5,8,11H,6-7H2,1H3,(H,13,14);6-7H,1-5H3;2*1H/t14-;22-;;;8-;;;/m11..1.../s1. The Balaban J connectivity index is 0.000000120. The number of hydrogen-bond donors (Lipinski definition) is 13. The van der Waals surface area contributed by atoms with Gasteiger partial charge in [-0.2, -0.15) is 45.9 Å². The zero-order valence-corrected chi connectivity index (χ0v) is 80.9. The third kappa shape index (κ3) is 19.3. The van der Waals surface area contributed by atoms with Crippen molar-refractivity contribution in [1.82, 2.24) is 90.5 Å². The maximum atomic E-state index is 13.2. The van der Waals surface area contributed by atoms with Gasteiger partial charge in [0.05, 0.1) is 118 Å². The van der Waals surface area contributed by atoms with E-state index in [1.54, 1.807) is 104 Å². The molecule has 3 aliphatic carbocycles. The maximum absolute atomic E-state index is 13.2. The van der Waals surface area contributed by atoms with E-state index in [0.29, 0.717) is 44.8 Å². The number of benzene rings is 7. The van der Waals surface area contributed by atoms with Crippen molar-refractivity contribution in [2.24, 2.45) is 91.0 Å². The summed E-state index contributed by atoms with van der Waals surface area (Å²) in [7, 11) is 9.00. The number of halogens is 2. The lowest BCUT2D eigenvalue weighted by Gasteiger charge is -2.32. The first-order valence-electron chi connectivity index (χ1n) is 45.7. The lowest BCUT2D eigenvalue weighted by molar-refractivity contribution is -0.142. The minimum Gasteiger partial charge on any atom is -0.481 e. The summed E-state index contributed by atoms with van der Waals surface area (Å²) in [5, 5.41) is 55.3. The molecule has 15 N–H and O–H groups in total. The van der Waals surface area contributed by atoms with E-state index in [1.165, 1.54) is 33.4 Å². The second-order valence-electron chi connectivity index (χ2n) is 37.4. The molecule has 6 amide bonds. The molecule has 24 rings (SSSR count). The lowest BCUT2D eigenvalue weighted by atomic mass is 9.82. The van der Waals surface area contributed by atoms with E-state index in [-0.39, 0.29) is 108 Å². The van der Waals surface area contributed by atoms with Gasteiger partial charge < -0.3 is 56.5 Å². The third-order valence-corrected chi connectivity index (χ3v) is 27.4. The summed E-state index contributed by atoms with van der Waals surface area (Å²) < 4.78 is 20.4. The highest BCUT2D eigenvalue weighted by Crippen LogP contribution is 2.43. The summed E-state index contributed by atoms with van der Waals surface area (Å²) in [6.07, 6.45) is 30.2. The fraction of sp³-hybridized carbons (Fsp3) is 0.255. The number of aromatic nitrogens is 14. The number of anilines is 3. The van der Waals surface area contributed by atoms with Crippen molar-refractivity contribution in [1.29, 1.82) is 0 Å². The van der Waals surface area contributed by atoms with Gasteiger partial charge in [0.1, 0.15) is 0 Å². The van der Waals surface area contributed by atoms with E-state index in [2.05, 4.69) is 147 Å². The number of nitrogens with two attached hydrogens (primary N) is 2. The molecule has 14 heterocycles. The molecular formula is C102H105BCl2N26O10. The van der Waals surface area contributed by atoms with Crippen LogP contribution in [0.15, 0.2) is 204 Å². The topological polar surface area (TPSA) is 484 Å². The molecule has 0 spiro atoms. The summed E-state index contributed by atoms with van der Waals surface area (Å²) in [6.45, 7) is 13.9. The second-order valence-corrected chi connectivity index (χ2v) is 37.4. The first kappa shape index (κ1) is 96.7. The predicted molar refractivity (Wildman–Crippen MR) is 548 cm³/mol. The number of aliphatic carboxylic acids is 1. The van der Waals surface area contributed by atoms with Crippen LogP contribution in [0.1, 0.15) is 144 Å². The van der Waals surface area contributed by atoms with Gasteiger partial charge in [0, 0.05) is 189 Å². The number of aromatic amines is 4. The highest BCUT2D eigenvalue weighted by Gasteiger charge is 2.52. The van der Waals surface area contributed by atoms with Crippen LogP contribution in [0.3, 0.4) is 0 Å². The van der Waals surface area contributed by atoms with Crippen molar-refractivity contribution in [3.63, 3.8) is 0 Å². The average molecular weight is 1940 g/mol. The van der Waals surface area contributed by atoms with E-state index in [0.717, 1.165) is 155 Å². The Labute approximate surface area is 821 Å². The molecule has 8 aliphatic rings. The van der Waals surface area contributed by atoms with Gasteiger partial charge in [0.25, 0.3) is 23.6 Å². The first-order valence-corrected chi connectivity index (χ1v) is 45.7. The minimum absolute atomic E-state index is 0. The molecule has 3 atom stereocenters. The van der Waals surface area contributed by atoms with Crippen LogP contribution >= 0.6 is 24.8 Å². The number of nitrogens with one attached hydrogen (secondary N) is 10. The molecule has 1 fully saturated rings. The summed E-state index contributed by atoms with van der Waals surface area (Å²) >= 11 is 0. The van der Waals surface area contributed by atoms with Gasteiger partial charge >= 0.3 is 13.1 Å². The molecule has 0 saturated carbocycles. The Bertz CT molecular complexity index is 7320. The molecule has 36 nitrogen and oxygen atoms in total. The van der Waals surface area contributed by atoms with Crippen molar-refractivity contribution in [3.8, 4) is 45.0 Å². The SMILES string of the molecule is C[C@@H](C(=O)Nc1cc2c3c(c(-c4cnn(C)c4)[nH]c3c1)C=NNC2=O)C1Cc2ccccc2C1.C[C@@H](C(=O)O)C1Cc2ccccc2C1.Cc1cc2c3c(c(-c4cnn(C)c4)[nH]c3c1)C=NNC2=O.Cl.Cl.Cn1cc(-c2[nH]c3cc(N)cc4c3c2C=NNC4=O)cn1.Cn1cc(-c2[nH]c3cc(NC(=O)[C@H](N)C4Cc5ccccc5C4)cc4c3c2C=NNC4=O)cn1.Cn1cc(B2OC(C)(C)C(C)(C)O2)cn1. The van der Waals surface area contributed by atoms with Crippen LogP contribution in [0.25, 0.3) is 88.6 Å². The fourth-order valence-electron chi connectivity index (χ4n) is 19.3. The molecule has 0 bridgehead atoms. The monoisotopic (exact) mass is 1930 g/mol. The Kier molecular flexibility index (Phi) is 26.8. The van der Waals surface area contributed by atoms with Crippen molar-refractivity contribution < 1.29 is 48.0 Å².